The van der Waals surface area contributed by atoms with Crippen LogP contribution in [0.1, 0.15) is 34.7 Å². The van der Waals surface area contributed by atoms with E-state index in [9.17, 15) is 0 Å². The number of hydrogen-bond acceptors (Lipinski definition) is 2. The lowest BCUT2D eigenvalue weighted by atomic mass is 10.0. The number of aryl methyl sites for hydroxylation is 3. The van der Waals surface area contributed by atoms with Crippen LogP contribution in [0, 0.1) is 27.7 Å². The Morgan fingerprint density at radius 1 is 0.952 bits per heavy atom. The Hall–Kier alpha value is -1.80. The fourth-order valence-corrected chi connectivity index (χ4v) is 2.52. The first-order valence-corrected chi connectivity index (χ1v) is 7.48. The minimum absolute atomic E-state index is 0.178. The molecule has 0 aliphatic carbocycles. The predicted molar refractivity (Wildman–Crippen MR) is 89.3 cm³/mol. The first-order chi connectivity index (χ1) is 9.88. The van der Waals surface area contributed by atoms with Gasteiger partial charge in [0.25, 0.3) is 0 Å². The Balaban J connectivity index is 2.30. The van der Waals surface area contributed by atoms with Crippen LogP contribution < -0.4 is 10.5 Å². The van der Waals surface area contributed by atoms with Gasteiger partial charge in [-0.3, -0.25) is 0 Å². The van der Waals surface area contributed by atoms with Crippen LogP contribution in [0.2, 0.25) is 0 Å². The van der Waals surface area contributed by atoms with E-state index in [0.717, 1.165) is 29.0 Å². The van der Waals surface area contributed by atoms with E-state index in [1.165, 1.54) is 16.7 Å². The second-order valence-electron chi connectivity index (χ2n) is 6.04. The highest BCUT2D eigenvalue weighted by Crippen LogP contribution is 2.32. The third-order valence-electron chi connectivity index (χ3n) is 3.88. The van der Waals surface area contributed by atoms with Crippen LogP contribution in [0.5, 0.6) is 11.5 Å². The zero-order chi connectivity index (χ0) is 15.6. The van der Waals surface area contributed by atoms with Crippen molar-refractivity contribution in [3.8, 4) is 11.5 Å². The van der Waals surface area contributed by atoms with Gasteiger partial charge in [0.2, 0.25) is 0 Å². The SMILES string of the molecule is Cc1cc(CC(C)N)ccc1Oc1c(C)ccc(C)c1C. The molecule has 21 heavy (non-hydrogen) atoms. The maximum absolute atomic E-state index is 6.18. The monoisotopic (exact) mass is 283 g/mol. The Labute approximate surface area is 127 Å². The number of hydrogen-bond donors (Lipinski definition) is 1. The smallest absolute Gasteiger partial charge is 0.133 e. The number of nitrogens with two attached hydrogens (primary N) is 1. The summed E-state index contributed by atoms with van der Waals surface area (Å²) in [6.07, 6.45) is 0.892. The van der Waals surface area contributed by atoms with Crippen LogP contribution in [0.4, 0.5) is 0 Å². The molecule has 0 fully saturated rings. The topological polar surface area (TPSA) is 35.2 Å². The molecule has 0 saturated heterocycles. The summed E-state index contributed by atoms with van der Waals surface area (Å²) in [4.78, 5) is 0. The third kappa shape index (κ3) is 3.64. The van der Waals surface area contributed by atoms with Crippen LogP contribution in [0.3, 0.4) is 0 Å². The summed E-state index contributed by atoms with van der Waals surface area (Å²) in [5.74, 6) is 1.89. The van der Waals surface area contributed by atoms with Crippen molar-refractivity contribution >= 4 is 0 Å². The summed E-state index contributed by atoms with van der Waals surface area (Å²) < 4.78 is 6.18. The summed E-state index contributed by atoms with van der Waals surface area (Å²) in [6.45, 7) is 10.4. The molecular weight excluding hydrogens is 258 g/mol. The third-order valence-corrected chi connectivity index (χ3v) is 3.88. The van der Waals surface area contributed by atoms with Crippen LogP contribution in [-0.4, -0.2) is 6.04 Å². The van der Waals surface area contributed by atoms with Crippen LogP contribution in [0.15, 0.2) is 30.3 Å². The molecule has 1 atom stereocenters. The first-order valence-electron chi connectivity index (χ1n) is 7.48. The summed E-state index contributed by atoms with van der Waals surface area (Å²) in [5.41, 5.74) is 11.9. The molecule has 2 aromatic carbocycles. The lowest BCUT2D eigenvalue weighted by molar-refractivity contribution is 0.470. The zero-order valence-electron chi connectivity index (χ0n) is 13.7. The normalized spacial score (nSPS) is 12.3. The van der Waals surface area contributed by atoms with Gasteiger partial charge in [-0.05, 0) is 74.9 Å². The van der Waals surface area contributed by atoms with Gasteiger partial charge < -0.3 is 10.5 Å². The predicted octanol–water partition coefficient (Wildman–Crippen LogP) is 4.60. The molecule has 0 aliphatic rings. The fraction of sp³-hybridized carbons (Fsp3) is 0.368. The summed E-state index contributed by atoms with van der Waals surface area (Å²) in [7, 11) is 0. The maximum atomic E-state index is 6.18. The summed E-state index contributed by atoms with van der Waals surface area (Å²) >= 11 is 0. The van der Waals surface area contributed by atoms with Crippen molar-refractivity contribution in [1.82, 2.24) is 0 Å². The highest BCUT2D eigenvalue weighted by molar-refractivity contribution is 5.48. The minimum atomic E-state index is 0.178. The molecular formula is C19H25NO. The molecule has 0 aliphatic heterocycles. The van der Waals surface area contributed by atoms with Crippen molar-refractivity contribution < 1.29 is 4.74 Å². The molecule has 0 bridgehead atoms. The van der Waals surface area contributed by atoms with Crippen LogP contribution in [0.25, 0.3) is 0 Å². The van der Waals surface area contributed by atoms with E-state index in [1.807, 2.05) is 13.0 Å². The van der Waals surface area contributed by atoms with E-state index in [4.69, 9.17) is 10.5 Å². The molecule has 112 valence electrons. The molecule has 0 heterocycles. The lowest BCUT2D eigenvalue weighted by Gasteiger charge is -2.16. The number of benzene rings is 2. The van der Waals surface area contributed by atoms with Crippen molar-refractivity contribution in [3.05, 3.63) is 58.1 Å². The molecule has 2 heteroatoms. The van der Waals surface area contributed by atoms with Gasteiger partial charge in [-0.1, -0.05) is 24.3 Å². The van der Waals surface area contributed by atoms with Gasteiger partial charge >= 0.3 is 0 Å². The largest absolute Gasteiger partial charge is 0.457 e. The second kappa shape index (κ2) is 6.31. The summed E-state index contributed by atoms with van der Waals surface area (Å²) in [6, 6.07) is 10.7. The fourth-order valence-electron chi connectivity index (χ4n) is 2.52. The van der Waals surface area contributed by atoms with E-state index >= 15 is 0 Å². The molecule has 2 N–H and O–H groups in total. The van der Waals surface area contributed by atoms with Crippen molar-refractivity contribution in [3.63, 3.8) is 0 Å². The van der Waals surface area contributed by atoms with E-state index in [2.05, 4.69) is 52.0 Å². The molecule has 0 spiro atoms. The van der Waals surface area contributed by atoms with E-state index in [-0.39, 0.29) is 6.04 Å². The van der Waals surface area contributed by atoms with Crippen LogP contribution in [-0.2, 0) is 6.42 Å². The maximum Gasteiger partial charge on any atom is 0.133 e. The van der Waals surface area contributed by atoms with Gasteiger partial charge in [-0.2, -0.15) is 0 Å². The van der Waals surface area contributed by atoms with E-state index in [1.54, 1.807) is 0 Å². The van der Waals surface area contributed by atoms with Crippen molar-refractivity contribution in [2.45, 2.75) is 47.1 Å². The standard InChI is InChI=1S/C19H25NO/c1-12-6-7-13(2)19(16(12)5)21-18-9-8-17(10-14(18)3)11-15(4)20/h6-10,15H,11,20H2,1-5H3. The molecule has 1 unspecified atom stereocenters. The molecule has 0 saturated carbocycles. The quantitative estimate of drug-likeness (QED) is 0.889. The van der Waals surface area contributed by atoms with Gasteiger partial charge in [0.15, 0.2) is 0 Å². The van der Waals surface area contributed by atoms with Crippen LogP contribution >= 0.6 is 0 Å². The van der Waals surface area contributed by atoms with Crippen molar-refractivity contribution in [2.75, 3.05) is 0 Å². The molecule has 0 aromatic heterocycles. The van der Waals surface area contributed by atoms with Gasteiger partial charge in [-0.25, -0.2) is 0 Å². The molecule has 0 amide bonds. The Kier molecular flexibility index (Phi) is 4.69. The second-order valence-corrected chi connectivity index (χ2v) is 6.04. The van der Waals surface area contributed by atoms with Crippen molar-refractivity contribution in [2.24, 2.45) is 5.73 Å². The van der Waals surface area contributed by atoms with E-state index in [0.29, 0.717) is 0 Å². The highest BCUT2D eigenvalue weighted by Gasteiger charge is 2.10. The van der Waals surface area contributed by atoms with Gasteiger partial charge in [-0.15, -0.1) is 0 Å². The first kappa shape index (κ1) is 15.6. The van der Waals surface area contributed by atoms with Gasteiger partial charge in [0.1, 0.15) is 11.5 Å². The number of ether oxygens (including phenoxy) is 1. The Bertz CT molecular complexity index is 644. The molecule has 2 nitrogen and oxygen atoms in total. The van der Waals surface area contributed by atoms with Gasteiger partial charge in [0, 0.05) is 6.04 Å². The molecule has 0 radical (unpaired) electrons. The number of rotatable bonds is 4. The van der Waals surface area contributed by atoms with E-state index < -0.39 is 0 Å². The average Bonchev–Trinajstić information content (AvgIpc) is 2.41. The lowest BCUT2D eigenvalue weighted by Crippen LogP contribution is -2.17. The zero-order valence-corrected chi connectivity index (χ0v) is 13.7. The molecule has 2 rings (SSSR count). The minimum Gasteiger partial charge on any atom is -0.457 e. The highest BCUT2D eigenvalue weighted by atomic mass is 16.5. The Morgan fingerprint density at radius 2 is 1.62 bits per heavy atom. The average molecular weight is 283 g/mol. The van der Waals surface area contributed by atoms with Crippen molar-refractivity contribution in [1.29, 1.82) is 0 Å². The Morgan fingerprint density at radius 3 is 2.24 bits per heavy atom. The van der Waals surface area contributed by atoms with Gasteiger partial charge in [0.05, 0.1) is 0 Å². The summed E-state index contributed by atoms with van der Waals surface area (Å²) in [5, 5.41) is 0. The molecule has 2 aromatic rings.